The molecular formula is C27H26N4O3. The molecule has 0 aliphatic rings. The van der Waals surface area contributed by atoms with Crippen LogP contribution >= 0.6 is 0 Å². The van der Waals surface area contributed by atoms with E-state index in [1.165, 1.54) is 0 Å². The number of pyridine rings is 1. The molecule has 34 heavy (non-hydrogen) atoms. The SMILES string of the molecule is COc1ccc(CCn2ccc3ccc(-c4cccc(C(=O)NCCC#N)c4)nc32)cc1OC. The van der Waals surface area contributed by atoms with Crippen molar-refractivity contribution in [3.05, 3.63) is 78.0 Å². The number of amides is 1. The van der Waals surface area contributed by atoms with E-state index in [1.54, 1.807) is 20.3 Å². The van der Waals surface area contributed by atoms with Crippen LogP contribution in [0.4, 0.5) is 0 Å². The third-order valence-electron chi connectivity index (χ3n) is 5.64. The highest BCUT2D eigenvalue weighted by Crippen LogP contribution is 2.28. The lowest BCUT2D eigenvalue weighted by atomic mass is 10.1. The molecule has 2 heterocycles. The first-order valence-electron chi connectivity index (χ1n) is 11.1. The Hall–Kier alpha value is -4.31. The van der Waals surface area contributed by atoms with Gasteiger partial charge >= 0.3 is 0 Å². The van der Waals surface area contributed by atoms with Gasteiger partial charge in [0, 0.05) is 35.8 Å². The number of nitriles is 1. The van der Waals surface area contributed by atoms with Crippen LogP contribution < -0.4 is 14.8 Å². The first-order chi connectivity index (χ1) is 16.6. The maximum Gasteiger partial charge on any atom is 0.251 e. The number of carbonyl (C=O) groups excluding carboxylic acids is 1. The number of hydrogen-bond donors (Lipinski definition) is 1. The molecule has 7 nitrogen and oxygen atoms in total. The van der Waals surface area contributed by atoms with E-state index in [-0.39, 0.29) is 12.3 Å². The summed E-state index contributed by atoms with van der Waals surface area (Å²) in [5.41, 5.74) is 4.24. The van der Waals surface area contributed by atoms with E-state index in [0.717, 1.165) is 40.8 Å². The predicted octanol–water partition coefficient (Wildman–Crippen LogP) is 4.61. The zero-order valence-electron chi connectivity index (χ0n) is 19.2. The summed E-state index contributed by atoms with van der Waals surface area (Å²) in [5, 5.41) is 12.5. The monoisotopic (exact) mass is 454 g/mol. The van der Waals surface area contributed by atoms with Crippen LogP contribution in [0.2, 0.25) is 0 Å². The molecule has 0 atom stereocenters. The lowest BCUT2D eigenvalue weighted by Crippen LogP contribution is -2.24. The van der Waals surface area contributed by atoms with Crippen molar-refractivity contribution in [2.24, 2.45) is 0 Å². The van der Waals surface area contributed by atoms with Gasteiger partial charge in [0.25, 0.3) is 5.91 Å². The van der Waals surface area contributed by atoms with Gasteiger partial charge in [0.2, 0.25) is 0 Å². The Morgan fingerprint density at radius 2 is 1.91 bits per heavy atom. The van der Waals surface area contributed by atoms with Crippen molar-refractivity contribution in [2.75, 3.05) is 20.8 Å². The molecule has 4 aromatic rings. The van der Waals surface area contributed by atoms with Crippen LogP contribution in [0.15, 0.2) is 66.9 Å². The maximum absolute atomic E-state index is 12.4. The van der Waals surface area contributed by atoms with Crippen molar-refractivity contribution in [3.8, 4) is 28.8 Å². The van der Waals surface area contributed by atoms with E-state index >= 15 is 0 Å². The van der Waals surface area contributed by atoms with Crippen molar-refractivity contribution < 1.29 is 14.3 Å². The molecule has 0 unspecified atom stereocenters. The third-order valence-corrected chi connectivity index (χ3v) is 5.64. The highest BCUT2D eigenvalue weighted by atomic mass is 16.5. The molecule has 4 rings (SSSR count). The van der Waals surface area contributed by atoms with Crippen LogP contribution in [0.25, 0.3) is 22.3 Å². The number of aryl methyl sites for hydroxylation is 2. The number of hydrogen-bond acceptors (Lipinski definition) is 5. The fourth-order valence-corrected chi connectivity index (χ4v) is 3.84. The molecule has 0 fully saturated rings. The number of aromatic nitrogens is 2. The Morgan fingerprint density at radius 3 is 2.71 bits per heavy atom. The summed E-state index contributed by atoms with van der Waals surface area (Å²) in [5.74, 6) is 1.23. The molecule has 0 saturated heterocycles. The summed E-state index contributed by atoms with van der Waals surface area (Å²) < 4.78 is 12.9. The fraction of sp³-hybridized carbons (Fsp3) is 0.222. The van der Waals surface area contributed by atoms with Gasteiger partial charge < -0.3 is 19.4 Å². The lowest BCUT2D eigenvalue weighted by molar-refractivity contribution is 0.0954. The van der Waals surface area contributed by atoms with E-state index in [4.69, 9.17) is 19.7 Å². The third kappa shape index (κ3) is 5.02. The minimum absolute atomic E-state index is 0.198. The van der Waals surface area contributed by atoms with E-state index in [0.29, 0.717) is 23.6 Å². The number of nitrogens with zero attached hydrogens (tertiary/aromatic N) is 3. The Bertz CT molecular complexity index is 1350. The van der Waals surface area contributed by atoms with Gasteiger partial charge in [0.1, 0.15) is 5.65 Å². The summed E-state index contributed by atoms with van der Waals surface area (Å²) >= 11 is 0. The van der Waals surface area contributed by atoms with Crippen molar-refractivity contribution >= 4 is 16.9 Å². The van der Waals surface area contributed by atoms with Gasteiger partial charge in [-0.05, 0) is 54.4 Å². The van der Waals surface area contributed by atoms with E-state index < -0.39 is 0 Å². The molecule has 7 heteroatoms. The van der Waals surface area contributed by atoms with Crippen LogP contribution in [0.5, 0.6) is 11.5 Å². The molecule has 1 N–H and O–H groups in total. The average Bonchev–Trinajstić information content (AvgIpc) is 3.29. The van der Waals surface area contributed by atoms with Gasteiger partial charge in [-0.25, -0.2) is 4.98 Å². The number of nitrogens with one attached hydrogen (secondary N) is 1. The second-order valence-corrected chi connectivity index (χ2v) is 7.80. The maximum atomic E-state index is 12.4. The fourth-order valence-electron chi connectivity index (χ4n) is 3.84. The first-order valence-corrected chi connectivity index (χ1v) is 11.1. The molecule has 0 spiro atoms. The van der Waals surface area contributed by atoms with Gasteiger partial charge in [0.15, 0.2) is 11.5 Å². The number of ether oxygens (including phenoxy) is 2. The molecule has 2 aromatic heterocycles. The van der Waals surface area contributed by atoms with Crippen LogP contribution in [-0.2, 0) is 13.0 Å². The number of methoxy groups -OCH3 is 2. The molecule has 0 saturated carbocycles. The molecule has 172 valence electrons. The normalized spacial score (nSPS) is 10.6. The zero-order valence-corrected chi connectivity index (χ0v) is 19.2. The second kappa shape index (κ2) is 10.5. The van der Waals surface area contributed by atoms with Crippen molar-refractivity contribution in [2.45, 2.75) is 19.4 Å². The van der Waals surface area contributed by atoms with E-state index in [1.807, 2.05) is 60.8 Å². The Labute approximate surface area is 198 Å². The van der Waals surface area contributed by atoms with Gasteiger partial charge in [0.05, 0.1) is 32.4 Å². The summed E-state index contributed by atoms with van der Waals surface area (Å²) in [6.07, 6.45) is 3.14. The minimum atomic E-state index is -0.198. The molecule has 0 aliphatic carbocycles. The first kappa shape index (κ1) is 22.9. The Balaban J connectivity index is 1.55. The zero-order chi connectivity index (χ0) is 23.9. The van der Waals surface area contributed by atoms with Gasteiger partial charge in [-0.1, -0.05) is 18.2 Å². The summed E-state index contributed by atoms with van der Waals surface area (Å²) in [6, 6.07) is 21.4. The summed E-state index contributed by atoms with van der Waals surface area (Å²) in [6.45, 7) is 1.09. The molecule has 0 bridgehead atoms. The number of carbonyl (C=O) groups is 1. The summed E-state index contributed by atoms with van der Waals surface area (Å²) in [4.78, 5) is 17.3. The Morgan fingerprint density at radius 1 is 1.06 bits per heavy atom. The van der Waals surface area contributed by atoms with Crippen molar-refractivity contribution in [1.29, 1.82) is 5.26 Å². The van der Waals surface area contributed by atoms with Crippen LogP contribution in [-0.4, -0.2) is 36.2 Å². The second-order valence-electron chi connectivity index (χ2n) is 7.80. The highest BCUT2D eigenvalue weighted by molar-refractivity contribution is 5.95. The van der Waals surface area contributed by atoms with E-state index in [2.05, 4.69) is 16.0 Å². The number of rotatable bonds is 9. The van der Waals surface area contributed by atoms with Crippen LogP contribution in [0.3, 0.4) is 0 Å². The molecule has 1 amide bonds. The molecule has 0 aliphatic heterocycles. The van der Waals surface area contributed by atoms with Gasteiger partial charge in [-0.15, -0.1) is 0 Å². The quantitative estimate of drug-likeness (QED) is 0.373. The smallest absolute Gasteiger partial charge is 0.251 e. The Kier molecular flexibility index (Phi) is 7.09. The molecule has 2 aromatic carbocycles. The number of benzene rings is 2. The topological polar surface area (TPSA) is 89.2 Å². The van der Waals surface area contributed by atoms with Crippen LogP contribution in [0.1, 0.15) is 22.3 Å². The predicted molar refractivity (Wildman–Crippen MR) is 131 cm³/mol. The van der Waals surface area contributed by atoms with Gasteiger partial charge in [-0.3, -0.25) is 4.79 Å². The minimum Gasteiger partial charge on any atom is -0.493 e. The van der Waals surface area contributed by atoms with Gasteiger partial charge in [-0.2, -0.15) is 5.26 Å². The van der Waals surface area contributed by atoms with E-state index in [9.17, 15) is 4.79 Å². The molecule has 0 radical (unpaired) electrons. The van der Waals surface area contributed by atoms with Crippen molar-refractivity contribution in [3.63, 3.8) is 0 Å². The highest BCUT2D eigenvalue weighted by Gasteiger charge is 2.10. The standard InChI is InChI=1S/C27H26N4O3/c1-33-24-10-7-19(17-25(24)34-2)11-15-31-16-12-20-8-9-23(30-26(20)31)21-5-3-6-22(18-21)27(32)29-14-4-13-28/h3,5-10,12,16-18H,4,11,14-15H2,1-2H3,(H,29,32). The van der Waals surface area contributed by atoms with Crippen LogP contribution in [0, 0.1) is 11.3 Å². The van der Waals surface area contributed by atoms with Crippen molar-refractivity contribution in [1.82, 2.24) is 14.9 Å². The largest absolute Gasteiger partial charge is 0.493 e. The molecular weight excluding hydrogens is 428 g/mol. The average molecular weight is 455 g/mol. The number of fused-ring (bicyclic) bond motifs is 1. The summed E-state index contributed by atoms with van der Waals surface area (Å²) in [7, 11) is 3.27. The lowest BCUT2D eigenvalue weighted by Gasteiger charge is -2.11.